The van der Waals surface area contributed by atoms with E-state index in [1.165, 1.54) is 10.6 Å². The van der Waals surface area contributed by atoms with Crippen molar-refractivity contribution in [3.63, 3.8) is 0 Å². The van der Waals surface area contributed by atoms with Gasteiger partial charge in [-0.05, 0) is 51.4 Å². The van der Waals surface area contributed by atoms with Gasteiger partial charge >= 0.3 is 0 Å². The van der Waals surface area contributed by atoms with Crippen molar-refractivity contribution < 1.29 is 13.7 Å². The molecule has 3 rings (SSSR count). The van der Waals surface area contributed by atoms with Gasteiger partial charge in [-0.3, -0.25) is 4.21 Å². The van der Waals surface area contributed by atoms with E-state index in [2.05, 4.69) is 24.3 Å². The summed E-state index contributed by atoms with van der Waals surface area (Å²) in [5.74, 6) is 0.723. The summed E-state index contributed by atoms with van der Waals surface area (Å²) in [6.07, 6.45) is 0. The van der Waals surface area contributed by atoms with Crippen LogP contribution in [0.2, 0.25) is 0 Å². The first kappa shape index (κ1) is 21.7. The summed E-state index contributed by atoms with van der Waals surface area (Å²) in [6.45, 7) is 6.15. The highest BCUT2D eigenvalue weighted by Gasteiger charge is 2.30. The van der Waals surface area contributed by atoms with Gasteiger partial charge in [-0.15, -0.1) is 0 Å². The Morgan fingerprint density at radius 3 is 1.86 bits per heavy atom. The SMILES string of the molecule is COCOc1cccc(S(=O)C(C)(C)C)c1P(c1ccccc1)c1ccccc1. The lowest BCUT2D eigenvalue weighted by atomic mass is 10.3. The lowest BCUT2D eigenvalue weighted by Gasteiger charge is -2.27. The third-order valence-electron chi connectivity index (χ3n) is 4.30. The van der Waals surface area contributed by atoms with E-state index < -0.39 is 18.7 Å². The highest BCUT2D eigenvalue weighted by atomic mass is 32.2. The zero-order chi connectivity index (χ0) is 20.9. The molecule has 0 aliphatic carbocycles. The van der Waals surface area contributed by atoms with Crippen molar-refractivity contribution in [3.8, 4) is 5.75 Å². The van der Waals surface area contributed by atoms with Crippen molar-refractivity contribution in [3.05, 3.63) is 78.9 Å². The molecule has 29 heavy (non-hydrogen) atoms. The van der Waals surface area contributed by atoms with Gasteiger partial charge in [0.1, 0.15) is 5.75 Å². The summed E-state index contributed by atoms with van der Waals surface area (Å²) in [4.78, 5) is 0.824. The minimum atomic E-state index is -1.20. The second-order valence-electron chi connectivity index (χ2n) is 7.54. The average Bonchev–Trinajstić information content (AvgIpc) is 2.73. The third kappa shape index (κ3) is 5.14. The van der Waals surface area contributed by atoms with Crippen LogP contribution in [-0.2, 0) is 15.5 Å². The number of benzene rings is 3. The molecule has 0 bridgehead atoms. The molecule has 0 radical (unpaired) electrons. The van der Waals surface area contributed by atoms with Gasteiger partial charge in [0.15, 0.2) is 6.79 Å². The normalized spacial score (nSPS) is 12.7. The van der Waals surface area contributed by atoms with Gasteiger partial charge in [0.2, 0.25) is 0 Å². The van der Waals surface area contributed by atoms with Gasteiger partial charge < -0.3 is 9.47 Å². The van der Waals surface area contributed by atoms with Crippen LogP contribution >= 0.6 is 7.92 Å². The number of ether oxygens (including phenoxy) is 2. The number of hydrogen-bond acceptors (Lipinski definition) is 3. The molecule has 3 aromatic carbocycles. The first-order chi connectivity index (χ1) is 13.9. The molecule has 0 aliphatic rings. The standard InChI is InChI=1S/C24H27O3PS/c1-24(2,3)29(25)22-17-11-16-21(27-18-26-4)23(22)28(19-12-7-5-8-13-19)20-14-9-6-10-15-20/h5-17H,18H2,1-4H3. The topological polar surface area (TPSA) is 35.5 Å². The fourth-order valence-electron chi connectivity index (χ4n) is 3.00. The fourth-order valence-corrected chi connectivity index (χ4v) is 7.07. The summed E-state index contributed by atoms with van der Waals surface area (Å²) in [5.41, 5.74) is 0. The van der Waals surface area contributed by atoms with Gasteiger partial charge in [0.05, 0.1) is 15.7 Å². The molecule has 3 nitrogen and oxygen atoms in total. The smallest absolute Gasteiger partial charge is 0.188 e. The van der Waals surface area contributed by atoms with Crippen LogP contribution in [0.5, 0.6) is 5.75 Å². The van der Waals surface area contributed by atoms with Crippen LogP contribution in [0, 0.1) is 0 Å². The van der Waals surface area contributed by atoms with Crippen LogP contribution in [0.3, 0.4) is 0 Å². The predicted octanol–water partition coefficient (Wildman–Crippen LogP) is 4.33. The molecule has 0 aromatic heterocycles. The van der Waals surface area contributed by atoms with Crippen molar-refractivity contribution in [1.29, 1.82) is 0 Å². The van der Waals surface area contributed by atoms with E-state index in [-0.39, 0.29) is 11.5 Å². The van der Waals surface area contributed by atoms with Crippen LogP contribution in [0.25, 0.3) is 0 Å². The summed E-state index contributed by atoms with van der Waals surface area (Å²) >= 11 is 0. The minimum absolute atomic E-state index is 0.144. The van der Waals surface area contributed by atoms with Crippen molar-refractivity contribution in [2.45, 2.75) is 30.4 Å². The van der Waals surface area contributed by atoms with E-state index in [0.29, 0.717) is 0 Å². The molecule has 0 heterocycles. The Hall–Kier alpha value is -2.00. The van der Waals surface area contributed by atoms with Crippen molar-refractivity contribution in [2.75, 3.05) is 13.9 Å². The molecule has 0 N–H and O–H groups in total. The van der Waals surface area contributed by atoms with Crippen molar-refractivity contribution in [1.82, 2.24) is 0 Å². The van der Waals surface area contributed by atoms with Crippen molar-refractivity contribution >= 4 is 34.6 Å². The van der Waals surface area contributed by atoms with Crippen LogP contribution in [0.1, 0.15) is 20.8 Å². The summed E-state index contributed by atoms with van der Waals surface area (Å²) in [7, 11) is -0.553. The van der Waals surface area contributed by atoms with Crippen LogP contribution in [-0.4, -0.2) is 22.9 Å². The Bertz CT molecular complexity index is 913. The molecule has 1 unspecified atom stereocenters. The molecule has 5 heteroatoms. The van der Waals surface area contributed by atoms with E-state index in [0.717, 1.165) is 15.9 Å². The Morgan fingerprint density at radius 1 is 0.828 bits per heavy atom. The molecule has 0 spiro atoms. The highest BCUT2D eigenvalue weighted by Crippen LogP contribution is 2.40. The van der Waals surface area contributed by atoms with E-state index >= 15 is 0 Å². The third-order valence-corrected chi connectivity index (χ3v) is 8.84. The second-order valence-corrected chi connectivity index (χ2v) is 11.9. The first-order valence-electron chi connectivity index (χ1n) is 9.50. The molecule has 0 saturated carbocycles. The fraction of sp³-hybridized carbons (Fsp3) is 0.250. The Morgan fingerprint density at radius 2 is 1.38 bits per heavy atom. The van der Waals surface area contributed by atoms with Crippen molar-refractivity contribution in [2.24, 2.45) is 0 Å². The summed E-state index contributed by atoms with van der Waals surface area (Å²) in [5, 5.41) is 3.37. The van der Waals surface area contributed by atoms with Gasteiger partial charge in [-0.1, -0.05) is 66.7 Å². The zero-order valence-corrected chi connectivity index (χ0v) is 19.0. The minimum Gasteiger partial charge on any atom is -0.467 e. The molecule has 0 fully saturated rings. The first-order valence-corrected chi connectivity index (χ1v) is 12.0. The van der Waals surface area contributed by atoms with Crippen LogP contribution in [0.4, 0.5) is 0 Å². The van der Waals surface area contributed by atoms with Gasteiger partial charge in [-0.25, -0.2) is 0 Å². The average molecular weight is 427 g/mol. The van der Waals surface area contributed by atoms with Gasteiger partial charge in [0, 0.05) is 17.2 Å². The predicted molar refractivity (Wildman–Crippen MR) is 124 cm³/mol. The van der Waals surface area contributed by atoms with Gasteiger partial charge in [0.25, 0.3) is 0 Å². The molecule has 0 saturated heterocycles. The van der Waals surface area contributed by atoms with Crippen LogP contribution in [0.15, 0.2) is 83.8 Å². The lowest BCUT2D eigenvalue weighted by Crippen LogP contribution is -2.30. The largest absolute Gasteiger partial charge is 0.467 e. The molecule has 152 valence electrons. The summed E-state index contributed by atoms with van der Waals surface area (Å²) in [6, 6.07) is 26.6. The molecular weight excluding hydrogens is 399 g/mol. The van der Waals surface area contributed by atoms with E-state index in [1.54, 1.807) is 7.11 Å². The number of hydrogen-bond donors (Lipinski definition) is 0. The number of methoxy groups -OCH3 is 1. The number of rotatable bonds is 7. The molecule has 0 amide bonds. The molecule has 3 aromatic rings. The molecular formula is C24H27O3PS. The Labute approximate surface area is 177 Å². The maximum atomic E-state index is 13.5. The van der Waals surface area contributed by atoms with Gasteiger partial charge in [-0.2, -0.15) is 0 Å². The maximum Gasteiger partial charge on any atom is 0.188 e. The Kier molecular flexibility index (Phi) is 7.23. The summed E-state index contributed by atoms with van der Waals surface area (Å²) < 4.78 is 24.3. The van der Waals surface area contributed by atoms with Crippen LogP contribution < -0.4 is 20.7 Å². The second kappa shape index (κ2) is 9.67. The quantitative estimate of drug-likeness (QED) is 0.417. The Balaban J connectivity index is 2.29. The highest BCUT2D eigenvalue weighted by molar-refractivity contribution is 7.88. The molecule has 0 aliphatic heterocycles. The zero-order valence-electron chi connectivity index (χ0n) is 17.3. The maximum absolute atomic E-state index is 13.5. The molecule has 1 atom stereocenters. The van der Waals surface area contributed by atoms with E-state index in [1.807, 2.05) is 75.4 Å². The van der Waals surface area contributed by atoms with E-state index in [9.17, 15) is 4.21 Å². The lowest BCUT2D eigenvalue weighted by molar-refractivity contribution is 0.0518. The monoisotopic (exact) mass is 426 g/mol. The van der Waals surface area contributed by atoms with E-state index in [4.69, 9.17) is 9.47 Å².